The molecule has 4 rings (SSSR count). The second kappa shape index (κ2) is 8.80. The number of aromatic amines is 1. The van der Waals surface area contributed by atoms with E-state index < -0.39 is 15.8 Å². The van der Waals surface area contributed by atoms with Crippen LogP contribution in [0, 0.1) is 5.82 Å². The van der Waals surface area contributed by atoms with Gasteiger partial charge >= 0.3 is 0 Å². The molecule has 0 saturated heterocycles. The van der Waals surface area contributed by atoms with Crippen molar-refractivity contribution in [1.29, 1.82) is 0 Å². The SMILES string of the molecule is COc1ccc2cc(CN(C3CCCCC3)S(=O)(=O)c3ccc(F)cc3)c(=O)[nH]c2c1. The summed E-state index contributed by atoms with van der Waals surface area (Å²) in [6.45, 7) is -0.0400. The van der Waals surface area contributed by atoms with Crippen LogP contribution in [0.25, 0.3) is 10.9 Å². The van der Waals surface area contributed by atoms with Gasteiger partial charge in [-0.25, -0.2) is 12.8 Å². The molecule has 3 aromatic rings. The van der Waals surface area contributed by atoms with E-state index in [2.05, 4.69) is 4.98 Å². The Hall–Kier alpha value is -2.71. The van der Waals surface area contributed by atoms with Gasteiger partial charge in [0.2, 0.25) is 10.0 Å². The number of H-pyrrole nitrogens is 1. The standard InChI is InChI=1S/C23H25FN2O4S/c1-30-20-10-7-16-13-17(23(27)25-22(16)14-20)15-26(19-5-3-2-4-6-19)31(28,29)21-11-8-18(24)9-12-21/h7-14,19H,2-6,15H2,1H3,(H,25,27). The number of hydrogen-bond donors (Lipinski definition) is 1. The monoisotopic (exact) mass is 444 g/mol. The first kappa shape index (κ1) is 21.5. The van der Waals surface area contributed by atoms with Crippen LogP contribution in [0.5, 0.6) is 5.75 Å². The maximum absolute atomic E-state index is 13.5. The van der Waals surface area contributed by atoms with E-state index in [-0.39, 0.29) is 23.0 Å². The molecule has 0 radical (unpaired) electrons. The van der Waals surface area contributed by atoms with E-state index in [0.717, 1.165) is 49.6 Å². The average Bonchev–Trinajstić information content (AvgIpc) is 2.78. The third-order valence-electron chi connectivity index (χ3n) is 5.86. The molecule has 1 heterocycles. The lowest BCUT2D eigenvalue weighted by molar-refractivity contribution is 0.247. The number of ether oxygens (including phenoxy) is 1. The van der Waals surface area contributed by atoms with Gasteiger partial charge in [0.1, 0.15) is 11.6 Å². The van der Waals surface area contributed by atoms with E-state index in [0.29, 0.717) is 16.8 Å². The van der Waals surface area contributed by atoms with Crippen LogP contribution in [-0.4, -0.2) is 30.9 Å². The number of benzene rings is 2. The molecular formula is C23H25FN2O4S. The zero-order valence-electron chi connectivity index (χ0n) is 17.3. The van der Waals surface area contributed by atoms with E-state index in [1.165, 1.54) is 16.4 Å². The molecular weight excluding hydrogens is 419 g/mol. The molecule has 1 aliphatic rings. The third-order valence-corrected chi connectivity index (χ3v) is 7.77. The zero-order chi connectivity index (χ0) is 22.0. The van der Waals surface area contributed by atoms with Crippen molar-refractivity contribution < 1.29 is 17.5 Å². The van der Waals surface area contributed by atoms with Gasteiger partial charge in [0, 0.05) is 24.2 Å². The Labute approximate surface area is 180 Å². The minimum absolute atomic E-state index is 0.0291. The summed E-state index contributed by atoms with van der Waals surface area (Å²) >= 11 is 0. The number of methoxy groups -OCH3 is 1. The Kier molecular flexibility index (Phi) is 6.11. The molecule has 2 aromatic carbocycles. The minimum atomic E-state index is -3.90. The lowest BCUT2D eigenvalue weighted by atomic mass is 9.95. The predicted molar refractivity (Wildman–Crippen MR) is 117 cm³/mol. The van der Waals surface area contributed by atoms with Crippen molar-refractivity contribution in [2.75, 3.05) is 7.11 Å². The normalized spacial score (nSPS) is 15.5. The van der Waals surface area contributed by atoms with Crippen molar-refractivity contribution in [2.24, 2.45) is 0 Å². The van der Waals surface area contributed by atoms with Crippen molar-refractivity contribution in [3.05, 3.63) is 70.3 Å². The minimum Gasteiger partial charge on any atom is -0.497 e. The Morgan fingerprint density at radius 3 is 2.45 bits per heavy atom. The fourth-order valence-electron chi connectivity index (χ4n) is 4.16. The first-order valence-corrected chi connectivity index (χ1v) is 11.8. The summed E-state index contributed by atoms with van der Waals surface area (Å²) in [6, 6.07) is 11.7. The van der Waals surface area contributed by atoms with Crippen LogP contribution in [0.2, 0.25) is 0 Å². The fraction of sp³-hybridized carbons (Fsp3) is 0.348. The molecule has 164 valence electrons. The third kappa shape index (κ3) is 4.50. The molecule has 1 fully saturated rings. The van der Waals surface area contributed by atoms with E-state index in [4.69, 9.17) is 4.74 Å². The van der Waals surface area contributed by atoms with Gasteiger partial charge in [-0.05, 0) is 60.7 Å². The van der Waals surface area contributed by atoms with Crippen LogP contribution in [0.15, 0.2) is 58.2 Å². The topological polar surface area (TPSA) is 79.5 Å². The first-order valence-electron chi connectivity index (χ1n) is 10.4. The maximum Gasteiger partial charge on any atom is 0.252 e. The second-order valence-corrected chi connectivity index (χ2v) is 9.76. The highest BCUT2D eigenvalue weighted by Gasteiger charge is 2.33. The molecule has 1 aliphatic carbocycles. The number of nitrogens with zero attached hydrogens (tertiary/aromatic N) is 1. The number of aromatic nitrogens is 1. The maximum atomic E-state index is 13.5. The molecule has 0 amide bonds. The summed E-state index contributed by atoms with van der Waals surface area (Å²) in [5.74, 6) is 0.128. The largest absolute Gasteiger partial charge is 0.497 e. The number of rotatable bonds is 6. The smallest absolute Gasteiger partial charge is 0.252 e. The van der Waals surface area contributed by atoms with Crippen LogP contribution in [0.3, 0.4) is 0 Å². The van der Waals surface area contributed by atoms with Gasteiger partial charge in [0.15, 0.2) is 0 Å². The number of pyridine rings is 1. The second-order valence-electron chi connectivity index (χ2n) is 7.87. The van der Waals surface area contributed by atoms with Crippen molar-refractivity contribution >= 4 is 20.9 Å². The summed E-state index contributed by atoms with van der Waals surface area (Å²) in [7, 11) is -2.35. The van der Waals surface area contributed by atoms with Crippen molar-refractivity contribution in [2.45, 2.75) is 49.6 Å². The van der Waals surface area contributed by atoms with Crippen LogP contribution >= 0.6 is 0 Å². The van der Waals surface area contributed by atoms with Gasteiger partial charge < -0.3 is 9.72 Å². The average molecular weight is 445 g/mol. The molecule has 1 N–H and O–H groups in total. The molecule has 31 heavy (non-hydrogen) atoms. The Morgan fingerprint density at radius 2 is 1.77 bits per heavy atom. The Morgan fingerprint density at radius 1 is 1.06 bits per heavy atom. The highest BCUT2D eigenvalue weighted by molar-refractivity contribution is 7.89. The van der Waals surface area contributed by atoms with Crippen LogP contribution in [0.1, 0.15) is 37.7 Å². The van der Waals surface area contributed by atoms with Crippen LogP contribution in [0.4, 0.5) is 4.39 Å². The van der Waals surface area contributed by atoms with E-state index in [1.54, 1.807) is 25.3 Å². The Bertz CT molecular complexity index is 1230. The highest BCUT2D eigenvalue weighted by atomic mass is 32.2. The lowest BCUT2D eigenvalue weighted by Gasteiger charge is -2.33. The van der Waals surface area contributed by atoms with Gasteiger partial charge in [0.05, 0.1) is 17.5 Å². The summed E-state index contributed by atoms with van der Waals surface area (Å²) in [4.78, 5) is 15.7. The van der Waals surface area contributed by atoms with Crippen molar-refractivity contribution in [1.82, 2.24) is 9.29 Å². The molecule has 0 atom stereocenters. The summed E-state index contributed by atoms with van der Waals surface area (Å²) in [5, 5.41) is 0.790. The number of fused-ring (bicyclic) bond motifs is 1. The van der Waals surface area contributed by atoms with E-state index in [1.807, 2.05) is 6.07 Å². The molecule has 0 aliphatic heterocycles. The number of halogens is 1. The number of sulfonamides is 1. The van der Waals surface area contributed by atoms with Crippen LogP contribution < -0.4 is 10.3 Å². The molecule has 0 bridgehead atoms. The molecule has 0 unspecified atom stereocenters. The molecule has 0 spiro atoms. The van der Waals surface area contributed by atoms with Crippen molar-refractivity contribution in [3.8, 4) is 5.75 Å². The molecule has 1 saturated carbocycles. The predicted octanol–water partition coefficient (Wildman–Crippen LogP) is 4.20. The van der Waals surface area contributed by atoms with E-state index in [9.17, 15) is 17.6 Å². The zero-order valence-corrected chi connectivity index (χ0v) is 18.1. The lowest BCUT2D eigenvalue weighted by Crippen LogP contribution is -2.42. The Balaban J connectivity index is 1.75. The van der Waals surface area contributed by atoms with Gasteiger partial charge in [-0.15, -0.1) is 0 Å². The quantitative estimate of drug-likeness (QED) is 0.618. The van der Waals surface area contributed by atoms with Gasteiger partial charge in [-0.1, -0.05) is 19.3 Å². The van der Waals surface area contributed by atoms with Gasteiger partial charge in [-0.3, -0.25) is 4.79 Å². The fourth-order valence-corrected chi connectivity index (χ4v) is 5.82. The molecule has 1 aromatic heterocycles. The number of hydrogen-bond acceptors (Lipinski definition) is 4. The van der Waals surface area contributed by atoms with Gasteiger partial charge in [0.25, 0.3) is 5.56 Å². The van der Waals surface area contributed by atoms with Crippen molar-refractivity contribution in [3.63, 3.8) is 0 Å². The summed E-state index contributed by atoms with van der Waals surface area (Å²) in [5.41, 5.74) is 0.656. The molecule has 6 nitrogen and oxygen atoms in total. The first-order chi connectivity index (χ1) is 14.9. The summed E-state index contributed by atoms with van der Waals surface area (Å²) < 4.78 is 46.9. The highest BCUT2D eigenvalue weighted by Crippen LogP contribution is 2.29. The van der Waals surface area contributed by atoms with Gasteiger partial charge in [-0.2, -0.15) is 4.31 Å². The number of nitrogens with one attached hydrogen (secondary N) is 1. The van der Waals surface area contributed by atoms with E-state index >= 15 is 0 Å². The summed E-state index contributed by atoms with van der Waals surface area (Å²) in [6.07, 6.45) is 4.42. The molecule has 8 heteroatoms. The van der Waals surface area contributed by atoms with Crippen LogP contribution in [-0.2, 0) is 16.6 Å².